The predicted molar refractivity (Wildman–Crippen MR) is 68.4 cm³/mol. The van der Waals surface area contributed by atoms with Crippen LogP contribution in [-0.4, -0.2) is 23.4 Å². The summed E-state index contributed by atoms with van der Waals surface area (Å²) in [6.45, 7) is 0.323. The largest absolute Gasteiger partial charge is 0.398 e. The van der Waals surface area contributed by atoms with Crippen LogP contribution in [0.15, 0.2) is 18.2 Å². The number of urea groups is 1. The number of nitriles is 1. The fourth-order valence-corrected chi connectivity index (χ4v) is 2.08. The van der Waals surface area contributed by atoms with Gasteiger partial charge in [0.05, 0.1) is 11.5 Å². The van der Waals surface area contributed by atoms with E-state index in [4.69, 9.17) is 16.7 Å². The van der Waals surface area contributed by atoms with E-state index in [2.05, 4.69) is 0 Å². The molecule has 1 saturated heterocycles. The van der Waals surface area contributed by atoms with Crippen LogP contribution in [0.25, 0.3) is 0 Å². The molecule has 0 aliphatic carbocycles. The molecule has 0 unspecified atom stereocenters. The van der Waals surface area contributed by atoms with Crippen molar-refractivity contribution in [3.8, 4) is 6.07 Å². The van der Waals surface area contributed by atoms with Crippen LogP contribution in [0.2, 0.25) is 0 Å². The minimum Gasteiger partial charge on any atom is -0.398 e. The molecule has 1 aromatic carbocycles. The molecule has 19 heavy (non-hydrogen) atoms. The average Bonchev–Trinajstić information content (AvgIpc) is 2.73. The van der Waals surface area contributed by atoms with E-state index in [1.165, 1.54) is 0 Å². The quantitative estimate of drug-likeness (QED) is 0.754. The van der Waals surface area contributed by atoms with Gasteiger partial charge < -0.3 is 11.5 Å². The minimum atomic E-state index is -0.727. The average molecular weight is 257 g/mol. The predicted octanol–water partition coefficient (Wildman–Crippen LogP) is 0.568. The molecule has 6 heteroatoms. The number of likely N-dealkylation sites (tertiary alicyclic amines) is 1. The van der Waals surface area contributed by atoms with E-state index in [1.807, 2.05) is 6.07 Å². The van der Waals surface area contributed by atoms with Gasteiger partial charge in [0.2, 0.25) is 5.91 Å². The van der Waals surface area contributed by atoms with Gasteiger partial charge in [0.15, 0.2) is 0 Å². The van der Waals surface area contributed by atoms with Gasteiger partial charge in [0.1, 0.15) is 6.07 Å². The lowest BCUT2D eigenvalue weighted by Crippen LogP contribution is -2.37. The maximum absolute atomic E-state index is 11.9. The molecule has 0 spiro atoms. The van der Waals surface area contributed by atoms with Gasteiger partial charge in [-0.15, -0.1) is 0 Å². The monoisotopic (exact) mass is 257 g/mol. The number of rotatable bonds is 2. The summed E-state index contributed by atoms with van der Waals surface area (Å²) in [5.41, 5.74) is 12.3. The van der Waals surface area contributed by atoms with Crippen LogP contribution >= 0.6 is 0 Å². The number of amides is 3. The van der Waals surface area contributed by atoms with Crippen molar-refractivity contribution in [2.75, 3.05) is 12.3 Å². The SMILES string of the molecule is N#Cc1cc(C[C]2CCN(C(N)=O)C2=O)ccc1N. The standard InChI is InChI=1S/C13H13N4O2/c14-7-10-6-8(1-2-11(10)15)5-9-3-4-17(12(9)18)13(16)19/h1-2,6H,3-5,15H2,(H2,16,19). The molecule has 0 atom stereocenters. The van der Waals surface area contributed by atoms with Crippen molar-refractivity contribution in [3.05, 3.63) is 35.2 Å². The van der Waals surface area contributed by atoms with Crippen LogP contribution in [-0.2, 0) is 11.2 Å². The zero-order valence-electron chi connectivity index (χ0n) is 10.2. The maximum atomic E-state index is 11.9. The number of hydrogen-bond acceptors (Lipinski definition) is 4. The van der Waals surface area contributed by atoms with Crippen molar-refractivity contribution in [2.45, 2.75) is 12.8 Å². The Morgan fingerprint density at radius 2 is 2.21 bits per heavy atom. The molecule has 1 radical (unpaired) electrons. The summed E-state index contributed by atoms with van der Waals surface area (Å²) in [7, 11) is 0. The third kappa shape index (κ3) is 2.50. The van der Waals surface area contributed by atoms with Crippen LogP contribution in [0.1, 0.15) is 17.5 Å². The van der Waals surface area contributed by atoms with Gasteiger partial charge in [-0.1, -0.05) is 6.07 Å². The van der Waals surface area contributed by atoms with Gasteiger partial charge in [-0.3, -0.25) is 9.69 Å². The van der Waals surface area contributed by atoms with Gasteiger partial charge in [0.25, 0.3) is 0 Å². The highest BCUT2D eigenvalue weighted by atomic mass is 16.2. The molecule has 0 aromatic heterocycles. The second-order valence-corrected chi connectivity index (χ2v) is 4.36. The number of primary amides is 1. The molecule has 1 aromatic rings. The molecule has 97 valence electrons. The number of imide groups is 1. The Kier molecular flexibility index (Phi) is 3.38. The summed E-state index contributed by atoms with van der Waals surface area (Å²) >= 11 is 0. The van der Waals surface area contributed by atoms with E-state index in [0.29, 0.717) is 36.6 Å². The fourth-order valence-electron chi connectivity index (χ4n) is 2.08. The Labute approximate surface area is 110 Å². The van der Waals surface area contributed by atoms with Crippen LogP contribution in [0.4, 0.5) is 10.5 Å². The molecular formula is C13H13N4O2. The van der Waals surface area contributed by atoms with Gasteiger partial charge in [0, 0.05) is 12.2 Å². The van der Waals surface area contributed by atoms with E-state index in [-0.39, 0.29) is 5.91 Å². The van der Waals surface area contributed by atoms with Gasteiger partial charge in [-0.05, 0) is 30.5 Å². The molecule has 6 nitrogen and oxygen atoms in total. The molecule has 1 fully saturated rings. The molecular weight excluding hydrogens is 244 g/mol. The van der Waals surface area contributed by atoms with E-state index >= 15 is 0 Å². The van der Waals surface area contributed by atoms with E-state index in [1.54, 1.807) is 18.2 Å². The fraction of sp³-hybridized carbons (Fsp3) is 0.231. The van der Waals surface area contributed by atoms with E-state index < -0.39 is 6.03 Å². The first-order valence-electron chi connectivity index (χ1n) is 5.77. The molecule has 3 amide bonds. The van der Waals surface area contributed by atoms with Crippen molar-refractivity contribution in [1.29, 1.82) is 5.26 Å². The Morgan fingerprint density at radius 3 is 2.79 bits per heavy atom. The Balaban J connectivity index is 2.13. The topological polar surface area (TPSA) is 113 Å². The van der Waals surface area contributed by atoms with Crippen LogP contribution in [0.3, 0.4) is 0 Å². The van der Waals surface area contributed by atoms with Crippen molar-refractivity contribution < 1.29 is 9.59 Å². The highest BCUT2D eigenvalue weighted by Crippen LogP contribution is 2.25. The summed E-state index contributed by atoms with van der Waals surface area (Å²) < 4.78 is 0. The van der Waals surface area contributed by atoms with Gasteiger partial charge >= 0.3 is 6.03 Å². The molecule has 0 bridgehead atoms. The summed E-state index contributed by atoms with van der Waals surface area (Å²) in [6, 6.07) is 6.33. The molecule has 4 N–H and O–H groups in total. The number of carbonyl (C=O) groups excluding carboxylic acids is 2. The summed E-state index contributed by atoms with van der Waals surface area (Å²) in [4.78, 5) is 23.9. The lowest BCUT2D eigenvalue weighted by atomic mass is 9.96. The van der Waals surface area contributed by atoms with Gasteiger partial charge in [-0.2, -0.15) is 5.26 Å². The molecule has 2 rings (SSSR count). The number of nitrogen functional groups attached to an aromatic ring is 1. The van der Waals surface area contributed by atoms with Crippen LogP contribution in [0.5, 0.6) is 0 Å². The number of nitrogens with two attached hydrogens (primary N) is 2. The Bertz CT molecular complexity index is 576. The summed E-state index contributed by atoms with van der Waals surface area (Å²) in [5.74, 6) is 0.287. The zero-order valence-corrected chi connectivity index (χ0v) is 10.2. The third-order valence-electron chi connectivity index (χ3n) is 3.11. The van der Waals surface area contributed by atoms with Crippen molar-refractivity contribution >= 4 is 17.6 Å². The highest BCUT2D eigenvalue weighted by molar-refractivity contribution is 6.03. The van der Waals surface area contributed by atoms with E-state index in [0.717, 1.165) is 10.5 Å². The number of hydrogen-bond donors (Lipinski definition) is 2. The van der Waals surface area contributed by atoms with Crippen LogP contribution in [0, 0.1) is 17.2 Å². The molecule has 1 heterocycles. The summed E-state index contributed by atoms with van der Waals surface area (Å²) in [6.07, 6.45) is 0.908. The normalized spacial score (nSPS) is 15.5. The zero-order chi connectivity index (χ0) is 14.0. The highest BCUT2D eigenvalue weighted by Gasteiger charge is 2.35. The first-order chi connectivity index (χ1) is 9.02. The van der Waals surface area contributed by atoms with E-state index in [9.17, 15) is 9.59 Å². The Hall–Kier alpha value is -2.55. The smallest absolute Gasteiger partial charge is 0.321 e. The summed E-state index contributed by atoms with van der Waals surface area (Å²) in [5, 5.41) is 8.90. The second kappa shape index (κ2) is 4.98. The van der Waals surface area contributed by atoms with Gasteiger partial charge in [-0.25, -0.2) is 4.79 Å². The minimum absolute atomic E-state index is 0.323. The molecule has 0 saturated carbocycles. The molecule has 1 aliphatic rings. The lowest BCUT2D eigenvalue weighted by Gasteiger charge is -2.11. The lowest BCUT2D eigenvalue weighted by molar-refractivity contribution is -0.123. The van der Waals surface area contributed by atoms with Crippen molar-refractivity contribution in [2.24, 2.45) is 5.73 Å². The Morgan fingerprint density at radius 1 is 1.47 bits per heavy atom. The third-order valence-corrected chi connectivity index (χ3v) is 3.11. The number of nitrogens with zero attached hydrogens (tertiary/aromatic N) is 2. The van der Waals surface area contributed by atoms with Crippen molar-refractivity contribution in [1.82, 2.24) is 4.90 Å². The van der Waals surface area contributed by atoms with Crippen molar-refractivity contribution in [3.63, 3.8) is 0 Å². The first-order valence-corrected chi connectivity index (χ1v) is 5.77. The number of anilines is 1. The first kappa shape index (κ1) is 12.9. The second-order valence-electron chi connectivity index (χ2n) is 4.36. The number of benzene rings is 1. The molecule has 1 aliphatic heterocycles. The maximum Gasteiger partial charge on any atom is 0.321 e. The van der Waals surface area contributed by atoms with Crippen LogP contribution < -0.4 is 11.5 Å². The number of carbonyl (C=O) groups is 2.